The smallest absolute Gasteiger partial charge is 0.276 e. The lowest BCUT2D eigenvalue weighted by Crippen LogP contribution is -2.41. The zero-order valence-electron chi connectivity index (χ0n) is 11.8. The van der Waals surface area contributed by atoms with Crippen molar-refractivity contribution in [1.82, 2.24) is 10.9 Å². The summed E-state index contributed by atoms with van der Waals surface area (Å²) >= 11 is 10.1. The average molecular weight is 332 g/mol. The summed E-state index contributed by atoms with van der Waals surface area (Å²) in [6.45, 7) is 0.790. The van der Waals surface area contributed by atoms with Gasteiger partial charge >= 0.3 is 0 Å². The van der Waals surface area contributed by atoms with Gasteiger partial charge in [-0.15, -0.1) is 0 Å². The quantitative estimate of drug-likeness (QED) is 0.662. The van der Waals surface area contributed by atoms with Crippen LogP contribution in [0.3, 0.4) is 0 Å². The molecular weight excluding hydrogens is 316 g/mol. The molecular formula is C16H16N2O2S2. The first-order valence-electron chi connectivity index (χ1n) is 6.67. The maximum Gasteiger partial charge on any atom is 0.276 e. The van der Waals surface area contributed by atoms with Gasteiger partial charge in [0.2, 0.25) is 0 Å². The van der Waals surface area contributed by atoms with Crippen molar-refractivity contribution in [2.45, 2.75) is 13.2 Å². The third kappa shape index (κ3) is 6.07. The van der Waals surface area contributed by atoms with Crippen LogP contribution in [-0.4, -0.2) is 10.3 Å². The van der Waals surface area contributed by atoms with Crippen LogP contribution in [0.5, 0.6) is 0 Å². The van der Waals surface area contributed by atoms with Gasteiger partial charge in [-0.2, -0.15) is 0 Å². The minimum Gasteiger partial charge on any atom is -0.465 e. The summed E-state index contributed by atoms with van der Waals surface area (Å²) in [5, 5.41) is 0.407. The van der Waals surface area contributed by atoms with Crippen LogP contribution in [0.2, 0.25) is 0 Å². The Kier molecular flexibility index (Phi) is 6.60. The third-order valence-electron chi connectivity index (χ3n) is 2.69. The Morgan fingerprint density at radius 3 is 1.41 bits per heavy atom. The van der Waals surface area contributed by atoms with Gasteiger partial charge < -0.3 is 9.47 Å². The first-order chi connectivity index (χ1) is 10.7. The number of benzene rings is 2. The Balaban J connectivity index is 1.62. The molecule has 0 radical (unpaired) electrons. The standard InChI is InChI=1S/C16H16N2O2S2/c21-15(19-11-13-7-3-1-4-8-13)17-18-16(22)20-12-14-9-5-2-6-10-14/h1-10H,11-12H2,(H,17,21)(H,18,22). The zero-order chi connectivity index (χ0) is 15.6. The van der Waals surface area contributed by atoms with Crippen LogP contribution >= 0.6 is 24.4 Å². The fourth-order valence-electron chi connectivity index (χ4n) is 1.62. The topological polar surface area (TPSA) is 42.5 Å². The summed E-state index contributed by atoms with van der Waals surface area (Å²) < 4.78 is 10.8. The van der Waals surface area contributed by atoms with Crippen molar-refractivity contribution in [3.8, 4) is 0 Å². The van der Waals surface area contributed by atoms with Gasteiger partial charge in [0, 0.05) is 0 Å². The van der Waals surface area contributed by atoms with Crippen molar-refractivity contribution in [3.05, 3.63) is 71.8 Å². The Labute approximate surface area is 140 Å². The van der Waals surface area contributed by atoms with Crippen molar-refractivity contribution < 1.29 is 9.47 Å². The van der Waals surface area contributed by atoms with Crippen molar-refractivity contribution in [1.29, 1.82) is 0 Å². The van der Waals surface area contributed by atoms with E-state index in [4.69, 9.17) is 33.9 Å². The van der Waals surface area contributed by atoms with Gasteiger partial charge in [0.25, 0.3) is 10.3 Å². The van der Waals surface area contributed by atoms with Gasteiger partial charge in [-0.1, -0.05) is 60.7 Å². The molecule has 22 heavy (non-hydrogen) atoms. The molecule has 0 aliphatic rings. The van der Waals surface area contributed by atoms with Gasteiger partial charge in [-0.05, 0) is 35.6 Å². The second-order valence-corrected chi connectivity index (χ2v) is 5.12. The first kappa shape index (κ1) is 16.2. The average Bonchev–Trinajstić information content (AvgIpc) is 2.58. The van der Waals surface area contributed by atoms with Crippen LogP contribution in [0.25, 0.3) is 0 Å². The van der Waals surface area contributed by atoms with E-state index >= 15 is 0 Å². The Hall–Kier alpha value is -2.18. The van der Waals surface area contributed by atoms with Gasteiger partial charge in [-0.3, -0.25) is 10.9 Å². The van der Waals surface area contributed by atoms with Gasteiger partial charge in [0.05, 0.1) is 0 Å². The molecule has 0 aromatic heterocycles. The highest BCUT2D eigenvalue weighted by Gasteiger charge is 2.01. The number of rotatable bonds is 4. The van der Waals surface area contributed by atoms with Crippen LogP contribution in [0.4, 0.5) is 0 Å². The first-order valence-corrected chi connectivity index (χ1v) is 7.49. The second kappa shape index (κ2) is 8.96. The number of thiocarbonyl (C=S) groups is 2. The van der Waals surface area contributed by atoms with Gasteiger partial charge in [0.1, 0.15) is 13.2 Å². The molecule has 0 aliphatic heterocycles. The predicted molar refractivity (Wildman–Crippen MR) is 93.9 cm³/mol. The van der Waals surface area contributed by atoms with E-state index in [1.807, 2.05) is 60.7 Å². The zero-order valence-corrected chi connectivity index (χ0v) is 13.5. The summed E-state index contributed by atoms with van der Waals surface area (Å²) in [6, 6.07) is 19.5. The summed E-state index contributed by atoms with van der Waals surface area (Å²) in [6.07, 6.45) is 0. The molecule has 2 rings (SSSR count). The van der Waals surface area contributed by atoms with Crippen molar-refractivity contribution in [3.63, 3.8) is 0 Å². The predicted octanol–water partition coefficient (Wildman–Crippen LogP) is 3.08. The molecule has 2 N–H and O–H groups in total. The highest BCUT2D eigenvalue weighted by molar-refractivity contribution is 7.80. The van der Waals surface area contributed by atoms with E-state index in [-0.39, 0.29) is 10.3 Å². The van der Waals surface area contributed by atoms with E-state index in [0.29, 0.717) is 13.2 Å². The number of nitrogens with one attached hydrogen (secondary N) is 2. The van der Waals surface area contributed by atoms with E-state index in [1.54, 1.807) is 0 Å². The minimum atomic E-state index is 0.203. The van der Waals surface area contributed by atoms with Gasteiger partial charge in [0.15, 0.2) is 0 Å². The van der Waals surface area contributed by atoms with E-state index in [0.717, 1.165) is 11.1 Å². The number of hydrogen-bond donors (Lipinski definition) is 2. The molecule has 6 heteroatoms. The maximum absolute atomic E-state index is 5.38. The lowest BCUT2D eigenvalue weighted by Gasteiger charge is -2.13. The molecule has 0 saturated carbocycles. The summed E-state index contributed by atoms with van der Waals surface area (Å²) in [5.74, 6) is 0. The van der Waals surface area contributed by atoms with E-state index in [2.05, 4.69) is 10.9 Å². The molecule has 2 aromatic carbocycles. The number of hydrazine groups is 1. The molecule has 114 valence electrons. The molecule has 0 spiro atoms. The highest BCUT2D eigenvalue weighted by atomic mass is 32.1. The van der Waals surface area contributed by atoms with Crippen molar-refractivity contribution >= 4 is 34.8 Å². The third-order valence-corrected chi connectivity index (χ3v) is 3.13. The molecule has 2 aromatic rings. The van der Waals surface area contributed by atoms with Crippen LogP contribution in [0.15, 0.2) is 60.7 Å². The molecule has 0 saturated heterocycles. The molecule has 0 aliphatic carbocycles. The largest absolute Gasteiger partial charge is 0.465 e. The maximum atomic E-state index is 5.38. The van der Waals surface area contributed by atoms with Crippen LogP contribution in [-0.2, 0) is 22.7 Å². The molecule has 0 unspecified atom stereocenters. The molecule has 0 heterocycles. The van der Waals surface area contributed by atoms with E-state index in [9.17, 15) is 0 Å². The summed E-state index contributed by atoms with van der Waals surface area (Å²) in [7, 11) is 0. The molecule has 0 fully saturated rings. The van der Waals surface area contributed by atoms with Crippen LogP contribution in [0, 0.1) is 0 Å². The lowest BCUT2D eigenvalue weighted by molar-refractivity contribution is 0.268. The van der Waals surface area contributed by atoms with Gasteiger partial charge in [-0.25, -0.2) is 0 Å². The van der Waals surface area contributed by atoms with Crippen molar-refractivity contribution in [2.75, 3.05) is 0 Å². The fourth-order valence-corrected chi connectivity index (χ4v) is 1.84. The Morgan fingerprint density at radius 2 is 1.05 bits per heavy atom. The van der Waals surface area contributed by atoms with Crippen molar-refractivity contribution in [2.24, 2.45) is 0 Å². The molecule has 0 bridgehead atoms. The number of hydrogen-bond acceptors (Lipinski definition) is 4. The van der Waals surface area contributed by atoms with E-state index in [1.165, 1.54) is 0 Å². The Bertz CT molecular complexity index is 551. The normalized spacial score (nSPS) is 9.64. The summed E-state index contributed by atoms with van der Waals surface area (Å²) in [4.78, 5) is 0. The SMILES string of the molecule is S=C(NNC(=S)OCc1ccccc1)OCc1ccccc1. The summed E-state index contributed by atoms with van der Waals surface area (Å²) in [5.41, 5.74) is 7.44. The molecule has 0 atom stereocenters. The monoisotopic (exact) mass is 332 g/mol. The molecule has 4 nitrogen and oxygen atoms in total. The number of ether oxygens (including phenoxy) is 2. The van der Waals surface area contributed by atoms with Crippen LogP contribution < -0.4 is 10.9 Å². The highest BCUT2D eigenvalue weighted by Crippen LogP contribution is 2.01. The minimum absolute atomic E-state index is 0.203. The van der Waals surface area contributed by atoms with E-state index < -0.39 is 0 Å². The fraction of sp³-hybridized carbons (Fsp3) is 0.125. The molecule has 0 amide bonds. The van der Waals surface area contributed by atoms with Crippen LogP contribution in [0.1, 0.15) is 11.1 Å². The Morgan fingerprint density at radius 1 is 0.682 bits per heavy atom. The lowest BCUT2D eigenvalue weighted by atomic mass is 10.2. The second-order valence-electron chi connectivity index (χ2n) is 4.37.